The van der Waals surface area contributed by atoms with Gasteiger partial charge in [0.1, 0.15) is 6.26 Å². The van der Waals surface area contributed by atoms with Crippen LogP contribution in [0, 0.1) is 27.7 Å². The fraction of sp³-hybridized carbons (Fsp3) is 0.355. The van der Waals surface area contributed by atoms with E-state index in [1.807, 2.05) is 0 Å². The topological polar surface area (TPSA) is 19.1 Å². The third-order valence-electron chi connectivity index (χ3n) is 8.02. The Kier molecular flexibility index (Phi) is 6.44. The van der Waals surface area contributed by atoms with Crippen molar-refractivity contribution in [2.24, 2.45) is 0 Å². The standard InChI is InChI=1S/C31H37N2OPS/c1-8-34-35(36)29-23(4)32(19-25-15-11-9-12-16-25)21(2)27(29)31(6,7)28-22(3)33(24(5)30(28)35)20-26-17-13-10-14-18-26/h9-18H,8,19-20H2,1-7H3. The summed E-state index contributed by atoms with van der Waals surface area (Å²) in [6.45, 7) is 18.2. The van der Waals surface area contributed by atoms with E-state index >= 15 is 0 Å². The van der Waals surface area contributed by atoms with E-state index in [2.05, 4.69) is 118 Å². The van der Waals surface area contributed by atoms with Crippen LogP contribution < -0.4 is 10.6 Å². The molecule has 3 nitrogen and oxygen atoms in total. The van der Waals surface area contributed by atoms with Gasteiger partial charge in [0.05, 0.1) is 0 Å². The van der Waals surface area contributed by atoms with Gasteiger partial charge in [0.2, 0.25) is 0 Å². The highest BCUT2D eigenvalue weighted by Crippen LogP contribution is 2.58. The van der Waals surface area contributed by atoms with Crippen molar-refractivity contribution in [3.05, 3.63) is 106 Å². The SMILES string of the molecule is CCOP1(=S)c2c(c(C)n(Cc3ccccc3)c2C)C(C)(C)c2c1c(C)n(Cc1ccccc1)c2C. The highest BCUT2D eigenvalue weighted by atomic mass is 32.4. The summed E-state index contributed by atoms with van der Waals surface area (Å²) in [5.74, 6) is 0. The molecule has 4 aromatic rings. The Morgan fingerprint density at radius 1 is 0.694 bits per heavy atom. The maximum absolute atomic E-state index is 6.71. The van der Waals surface area contributed by atoms with Gasteiger partial charge in [-0.05, 0) is 56.9 Å². The van der Waals surface area contributed by atoms with Crippen LogP contribution in [0.25, 0.3) is 0 Å². The second kappa shape index (κ2) is 9.17. The lowest BCUT2D eigenvalue weighted by Gasteiger charge is -2.39. The Bertz CT molecular complexity index is 1370. The average Bonchev–Trinajstić information content (AvgIpc) is 3.27. The first kappa shape index (κ1) is 25.3. The lowest BCUT2D eigenvalue weighted by Crippen LogP contribution is -2.40. The van der Waals surface area contributed by atoms with Crippen LogP contribution in [-0.2, 0) is 34.8 Å². The zero-order valence-electron chi connectivity index (χ0n) is 22.6. The molecule has 3 heterocycles. The van der Waals surface area contributed by atoms with Gasteiger partial charge in [-0.2, -0.15) is 0 Å². The molecule has 0 fully saturated rings. The van der Waals surface area contributed by atoms with Gasteiger partial charge in [-0.15, -0.1) is 0 Å². The molecule has 5 heteroatoms. The predicted molar refractivity (Wildman–Crippen MR) is 156 cm³/mol. The maximum atomic E-state index is 6.71. The number of aromatic nitrogens is 2. The van der Waals surface area contributed by atoms with Crippen molar-refractivity contribution < 1.29 is 4.52 Å². The van der Waals surface area contributed by atoms with Crippen LogP contribution in [-0.4, -0.2) is 15.7 Å². The molecule has 2 aromatic heterocycles. The Labute approximate surface area is 221 Å². The molecule has 0 amide bonds. The van der Waals surface area contributed by atoms with Crippen molar-refractivity contribution in [2.45, 2.75) is 67.0 Å². The van der Waals surface area contributed by atoms with Gasteiger partial charge in [0.25, 0.3) is 0 Å². The largest absolute Gasteiger partial charge is 0.344 e. The zero-order valence-corrected chi connectivity index (χ0v) is 24.3. The fourth-order valence-corrected chi connectivity index (χ4v) is 11.6. The molecule has 2 aromatic carbocycles. The first-order chi connectivity index (χ1) is 17.1. The molecule has 36 heavy (non-hydrogen) atoms. The molecule has 1 aliphatic heterocycles. The Hall–Kier alpha value is -2.39. The summed E-state index contributed by atoms with van der Waals surface area (Å²) in [5, 5.41) is 2.57. The van der Waals surface area contributed by atoms with Crippen molar-refractivity contribution in [3.8, 4) is 0 Å². The molecule has 0 unspecified atom stereocenters. The number of hydrogen-bond donors (Lipinski definition) is 0. The minimum atomic E-state index is -2.48. The van der Waals surface area contributed by atoms with Gasteiger partial charge in [0.15, 0.2) is 0 Å². The van der Waals surface area contributed by atoms with E-state index in [0.717, 1.165) is 13.1 Å². The summed E-state index contributed by atoms with van der Waals surface area (Å²) >= 11 is 6.68. The van der Waals surface area contributed by atoms with Crippen molar-refractivity contribution in [1.29, 1.82) is 0 Å². The molecule has 188 valence electrons. The van der Waals surface area contributed by atoms with E-state index in [1.165, 1.54) is 55.6 Å². The van der Waals surface area contributed by atoms with Crippen LogP contribution in [0.2, 0.25) is 0 Å². The van der Waals surface area contributed by atoms with Crippen LogP contribution in [0.1, 0.15) is 65.8 Å². The van der Waals surface area contributed by atoms with Crippen molar-refractivity contribution in [1.82, 2.24) is 9.13 Å². The number of rotatable bonds is 6. The third-order valence-corrected chi connectivity index (χ3v) is 12.3. The second-order valence-electron chi connectivity index (χ2n) is 10.5. The number of fused-ring (bicyclic) bond motifs is 2. The predicted octanol–water partition coefficient (Wildman–Crippen LogP) is 6.64. The van der Waals surface area contributed by atoms with Crippen LogP contribution in [0.4, 0.5) is 0 Å². The normalized spacial score (nSPS) is 15.5. The lowest BCUT2D eigenvalue weighted by atomic mass is 9.77. The molecular formula is C31H37N2OPS. The highest BCUT2D eigenvalue weighted by Gasteiger charge is 2.49. The van der Waals surface area contributed by atoms with Crippen molar-refractivity contribution >= 4 is 28.7 Å². The van der Waals surface area contributed by atoms with Crippen molar-refractivity contribution in [2.75, 3.05) is 6.61 Å². The zero-order chi connectivity index (χ0) is 25.8. The summed E-state index contributed by atoms with van der Waals surface area (Å²) in [4.78, 5) is 0. The Balaban J connectivity index is 1.76. The molecule has 0 saturated heterocycles. The van der Waals surface area contributed by atoms with Gasteiger partial charge >= 0.3 is 0 Å². The molecule has 0 saturated carbocycles. The molecule has 0 aliphatic carbocycles. The van der Waals surface area contributed by atoms with E-state index in [4.69, 9.17) is 16.3 Å². The van der Waals surface area contributed by atoms with E-state index in [-0.39, 0.29) is 5.41 Å². The minimum absolute atomic E-state index is 0.169. The summed E-state index contributed by atoms with van der Waals surface area (Å²) < 4.78 is 11.7. The summed E-state index contributed by atoms with van der Waals surface area (Å²) in [6, 6.07) is 21.4. The monoisotopic (exact) mass is 516 g/mol. The van der Waals surface area contributed by atoms with Crippen LogP contribution in [0.5, 0.6) is 0 Å². The van der Waals surface area contributed by atoms with E-state index in [0.29, 0.717) is 6.61 Å². The minimum Gasteiger partial charge on any atom is -0.344 e. The van der Waals surface area contributed by atoms with Gasteiger partial charge in [0, 0.05) is 58.5 Å². The molecule has 0 spiro atoms. The van der Waals surface area contributed by atoms with E-state index in [9.17, 15) is 0 Å². The molecule has 0 N–H and O–H groups in total. The maximum Gasteiger partial charge on any atom is 0.127 e. The molecule has 1 aliphatic rings. The van der Waals surface area contributed by atoms with Gasteiger partial charge in [-0.3, -0.25) is 0 Å². The van der Waals surface area contributed by atoms with Gasteiger partial charge < -0.3 is 13.7 Å². The molecule has 0 atom stereocenters. The first-order valence-electron chi connectivity index (χ1n) is 12.9. The fourth-order valence-electron chi connectivity index (χ4n) is 6.50. The van der Waals surface area contributed by atoms with E-state index in [1.54, 1.807) is 0 Å². The summed E-state index contributed by atoms with van der Waals surface area (Å²) in [7, 11) is 0. The van der Waals surface area contributed by atoms with Gasteiger partial charge in [-0.25, -0.2) is 0 Å². The average molecular weight is 517 g/mol. The summed E-state index contributed by atoms with van der Waals surface area (Å²) in [6.07, 6.45) is -2.48. The van der Waals surface area contributed by atoms with Crippen molar-refractivity contribution in [3.63, 3.8) is 0 Å². The second-order valence-corrected chi connectivity index (χ2v) is 14.3. The smallest absolute Gasteiger partial charge is 0.127 e. The van der Waals surface area contributed by atoms with Gasteiger partial charge in [-0.1, -0.05) is 86.3 Å². The Morgan fingerprint density at radius 3 is 1.44 bits per heavy atom. The number of benzene rings is 2. The Morgan fingerprint density at radius 2 is 1.08 bits per heavy atom. The van der Waals surface area contributed by atoms with Crippen LogP contribution in [0.15, 0.2) is 60.7 Å². The summed E-state index contributed by atoms with van der Waals surface area (Å²) in [5.41, 5.74) is 10.3. The molecular weight excluding hydrogens is 479 g/mol. The molecule has 0 radical (unpaired) electrons. The highest BCUT2D eigenvalue weighted by molar-refractivity contribution is 8.19. The van der Waals surface area contributed by atoms with Crippen LogP contribution >= 0.6 is 6.26 Å². The molecule has 0 bridgehead atoms. The van der Waals surface area contributed by atoms with Crippen LogP contribution in [0.3, 0.4) is 0 Å². The lowest BCUT2D eigenvalue weighted by molar-refractivity contribution is 0.385. The molecule has 5 rings (SSSR count). The first-order valence-corrected chi connectivity index (χ1v) is 15.6. The third kappa shape index (κ3) is 3.69. The quantitative estimate of drug-likeness (QED) is 0.268. The number of nitrogens with zero attached hydrogens (tertiary/aromatic N) is 2. The van der Waals surface area contributed by atoms with E-state index < -0.39 is 6.26 Å². The number of hydrogen-bond acceptors (Lipinski definition) is 2.